The van der Waals surface area contributed by atoms with E-state index in [0.29, 0.717) is 5.41 Å². The Bertz CT molecular complexity index is 356. The molecule has 1 fully saturated rings. The van der Waals surface area contributed by atoms with Crippen LogP contribution in [0.4, 0.5) is 0 Å². The van der Waals surface area contributed by atoms with Gasteiger partial charge in [-0.05, 0) is 43.0 Å². The van der Waals surface area contributed by atoms with Gasteiger partial charge in [-0.2, -0.15) is 0 Å². The van der Waals surface area contributed by atoms with Gasteiger partial charge >= 0.3 is 0 Å². The fraction of sp³-hybridized carbons (Fsp3) is 0.571. The lowest BCUT2D eigenvalue weighted by molar-refractivity contribution is 0.153. The first-order valence-corrected chi connectivity index (χ1v) is 6.92. The van der Waals surface area contributed by atoms with Gasteiger partial charge in [0.1, 0.15) is 0 Å². The average Bonchev–Trinajstić information content (AvgIpc) is 2.22. The first-order valence-electron chi connectivity index (χ1n) is 6.13. The Morgan fingerprint density at radius 3 is 2.75 bits per heavy atom. The van der Waals surface area contributed by atoms with Crippen molar-refractivity contribution in [1.82, 2.24) is 5.32 Å². The molecule has 1 aromatic rings. The van der Waals surface area contributed by atoms with Crippen LogP contribution in [0.15, 0.2) is 28.7 Å². The Hall–Kier alpha value is -0.340. The fourth-order valence-corrected chi connectivity index (χ4v) is 3.34. The first-order chi connectivity index (χ1) is 7.66. The fourth-order valence-electron chi connectivity index (χ4n) is 2.94. The van der Waals surface area contributed by atoms with Crippen LogP contribution in [-0.2, 0) is 5.41 Å². The topological polar surface area (TPSA) is 12.0 Å². The maximum atomic E-state index is 3.57. The number of hydrogen-bond acceptors (Lipinski definition) is 1. The molecule has 0 aromatic heterocycles. The second-order valence-corrected chi connectivity index (χ2v) is 6.00. The molecule has 0 unspecified atom stereocenters. The Morgan fingerprint density at radius 1 is 1.44 bits per heavy atom. The van der Waals surface area contributed by atoms with Crippen LogP contribution < -0.4 is 5.32 Å². The van der Waals surface area contributed by atoms with E-state index in [9.17, 15) is 0 Å². The molecule has 0 radical (unpaired) electrons. The molecule has 0 spiro atoms. The number of nitrogens with one attached hydrogen (secondary N) is 1. The van der Waals surface area contributed by atoms with Gasteiger partial charge in [0.2, 0.25) is 0 Å². The van der Waals surface area contributed by atoms with E-state index in [2.05, 4.69) is 59.4 Å². The van der Waals surface area contributed by atoms with E-state index in [4.69, 9.17) is 0 Å². The van der Waals surface area contributed by atoms with E-state index in [1.165, 1.54) is 22.9 Å². The van der Waals surface area contributed by atoms with Gasteiger partial charge in [-0.25, -0.2) is 0 Å². The molecule has 0 bridgehead atoms. The molecule has 0 heterocycles. The smallest absolute Gasteiger partial charge is 0.0178 e. The third kappa shape index (κ3) is 2.33. The zero-order chi connectivity index (χ0) is 11.6. The summed E-state index contributed by atoms with van der Waals surface area (Å²) in [7, 11) is 0. The Balaban J connectivity index is 2.19. The van der Waals surface area contributed by atoms with E-state index >= 15 is 0 Å². The van der Waals surface area contributed by atoms with Crippen LogP contribution in [0, 0.1) is 5.92 Å². The standard InChI is InChI=1S/C14H20BrN/c1-3-16-10-14(8-11(2)9-14)12-5-4-6-13(15)7-12/h4-7,11,16H,3,8-10H2,1-2H3. The van der Waals surface area contributed by atoms with E-state index < -0.39 is 0 Å². The second kappa shape index (κ2) is 4.89. The zero-order valence-corrected chi connectivity index (χ0v) is 11.7. The highest BCUT2D eigenvalue weighted by atomic mass is 79.9. The van der Waals surface area contributed by atoms with Gasteiger partial charge in [0.25, 0.3) is 0 Å². The third-order valence-electron chi connectivity index (χ3n) is 3.63. The lowest BCUT2D eigenvalue weighted by Gasteiger charge is -2.47. The Labute approximate surface area is 107 Å². The van der Waals surface area contributed by atoms with Crippen molar-refractivity contribution < 1.29 is 0 Å². The van der Waals surface area contributed by atoms with Crippen molar-refractivity contribution >= 4 is 15.9 Å². The predicted molar refractivity (Wildman–Crippen MR) is 72.8 cm³/mol. The molecule has 1 aliphatic rings. The zero-order valence-electron chi connectivity index (χ0n) is 10.1. The molecule has 16 heavy (non-hydrogen) atoms. The maximum absolute atomic E-state index is 3.57. The largest absolute Gasteiger partial charge is 0.316 e. The minimum Gasteiger partial charge on any atom is -0.316 e. The highest BCUT2D eigenvalue weighted by Crippen LogP contribution is 2.47. The summed E-state index contributed by atoms with van der Waals surface area (Å²) in [5, 5.41) is 3.51. The molecule has 0 amide bonds. The van der Waals surface area contributed by atoms with Crippen LogP contribution in [0.25, 0.3) is 0 Å². The predicted octanol–water partition coefficient (Wildman–Crippen LogP) is 3.73. The average molecular weight is 282 g/mol. The quantitative estimate of drug-likeness (QED) is 0.887. The number of rotatable bonds is 4. The Kier molecular flexibility index (Phi) is 3.70. The van der Waals surface area contributed by atoms with Crippen molar-refractivity contribution in [2.45, 2.75) is 32.1 Å². The van der Waals surface area contributed by atoms with Crippen LogP contribution in [0.2, 0.25) is 0 Å². The normalized spacial score (nSPS) is 28.8. The molecular weight excluding hydrogens is 262 g/mol. The van der Waals surface area contributed by atoms with Crippen molar-refractivity contribution in [2.75, 3.05) is 13.1 Å². The van der Waals surface area contributed by atoms with E-state index in [-0.39, 0.29) is 0 Å². The van der Waals surface area contributed by atoms with Crippen LogP contribution in [0.1, 0.15) is 32.3 Å². The molecule has 88 valence electrons. The molecule has 2 heteroatoms. The van der Waals surface area contributed by atoms with Crippen molar-refractivity contribution in [3.63, 3.8) is 0 Å². The van der Waals surface area contributed by atoms with Crippen molar-refractivity contribution in [3.8, 4) is 0 Å². The second-order valence-electron chi connectivity index (χ2n) is 5.08. The first kappa shape index (κ1) is 12.1. The van der Waals surface area contributed by atoms with Crippen LogP contribution in [0.3, 0.4) is 0 Å². The highest BCUT2D eigenvalue weighted by Gasteiger charge is 2.42. The summed E-state index contributed by atoms with van der Waals surface area (Å²) in [5.41, 5.74) is 1.88. The number of hydrogen-bond donors (Lipinski definition) is 1. The summed E-state index contributed by atoms with van der Waals surface area (Å²) >= 11 is 3.57. The van der Waals surface area contributed by atoms with Crippen LogP contribution >= 0.6 is 15.9 Å². The Morgan fingerprint density at radius 2 is 2.19 bits per heavy atom. The van der Waals surface area contributed by atoms with Gasteiger partial charge in [0.05, 0.1) is 0 Å². The van der Waals surface area contributed by atoms with Gasteiger partial charge in [0.15, 0.2) is 0 Å². The molecule has 0 atom stereocenters. The van der Waals surface area contributed by atoms with Crippen molar-refractivity contribution in [3.05, 3.63) is 34.3 Å². The molecular formula is C14H20BrN. The summed E-state index contributed by atoms with van der Waals surface area (Å²) in [5.74, 6) is 0.873. The lowest BCUT2D eigenvalue weighted by atomic mass is 9.59. The van der Waals surface area contributed by atoms with E-state index in [1.54, 1.807) is 0 Å². The SMILES string of the molecule is CCNCC1(c2cccc(Br)c2)CC(C)C1. The summed E-state index contributed by atoms with van der Waals surface area (Å²) in [4.78, 5) is 0. The van der Waals surface area contributed by atoms with Crippen LogP contribution in [0.5, 0.6) is 0 Å². The maximum Gasteiger partial charge on any atom is 0.0178 e. The summed E-state index contributed by atoms with van der Waals surface area (Å²) in [6, 6.07) is 8.81. The van der Waals surface area contributed by atoms with E-state index in [1.807, 2.05) is 0 Å². The molecule has 1 nitrogen and oxygen atoms in total. The minimum atomic E-state index is 0.388. The lowest BCUT2D eigenvalue weighted by Crippen LogP contribution is -2.47. The summed E-state index contributed by atoms with van der Waals surface area (Å²) in [6.45, 7) is 6.70. The number of halogens is 1. The molecule has 0 saturated heterocycles. The molecule has 1 N–H and O–H groups in total. The van der Waals surface area contributed by atoms with Crippen molar-refractivity contribution in [2.24, 2.45) is 5.92 Å². The van der Waals surface area contributed by atoms with Gasteiger partial charge in [-0.15, -0.1) is 0 Å². The van der Waals surface area contributed by atoms with Gasteiger partial charge in [-0.1, -0.05) is 41.9 Å². The molecule has 2 rings (SSSR count). The van der Waals surface area contributed by atoms with Crippen LogP contribution in [-0.4, -0.2) is 13.1 Å². The van der Waals surface area contributed by atoms with Gasteiger partial charge in [0, 0.05) is 16.4 Å². The molecule has 0 aliphatic heterocycles. The van der Waals surface area contributed by atoms with Crippen molar-refractivity contribution in [1.29, 1.82) is 0 Å². The molecule has 1 aromatic carbocycles. The highest BCUT2D eigenvalue weighted by molar-refractivity contribution is 9.10. The molecule has 1 saturated carbocycles. The van der Waals surface area contributed by atoms with E-state index in [0.717, 1.165) is 19.0 Å². The summed E-state index contributed by atoms with van der Waals surface area (Å²) in [6.07, 6.45) is 2.63. The minimum absolute atomic E-state index is 0.388. The number of benzene rings is 1. The summed E-state index contributed by atoms with van der Waals surface area (Å²) < 4.78 is 1.19. The molecule has 1 aliphatic carbocycles. The van der Waals surface area contributed by atoms with Gasteiger partial charge < -0.3 is 5.32 Å². The van der Waals surface area contributed by atoms with Gasteiger partial charge in [-0.3, -0.25) is 0 Å². The monoisotopic (exact) mass is 281 g/mol. The third-order valence-corrected chi connectivity index (χ3v) is 4.12. The number of likely N-dealkylation sites (N-methyl/N-ethyl adjacent to an activating group) is 1.